The van der Waals surface area contributed by atoms with Gasteiger partial charge in [0.2, 0.25) is 5.95 Å². The first-order valence-electron chi connectivity index (χ1n) is 11.5. The fourth-order valence-corrected chi connectivity index (χ4v) is 3.71. The number of benzene rings is 2. The maximum atomic E-state index is 12.1. The van der Waals surface area contributed by atoms with E-state index in [9.17, 15) is 4.79 Å². The van der Waals surface area contributed by atoms with Crippen molar-refractivity contribution in [3.63, 3.8) is 0 Å². The number of rotatable bonds is 9. The normalized spacial score (nSPS) is 10.6. The zero-order valence-electron chi connectivity index (χ0n) is 20.5. The molecule has 2 aromatic carbocycles. The molecule has 0 spiro atoms. The highest BCUT2D eigenvalue weighted by Crippen LogP contribution is 2.32. The first kappa shape index (κ1) is 24.5. The fraction of sp³-hybridized carbons (Fsp3) is 0.231. The van der Waals surface area contributed by atoms with Crippen LogP contribution in [0.5, 0.6) is 11.5 Å². The Morgan fingerprint density at radius 2 is 1.78 bits per heavy atom. The number of fused-ring (bicyclic) bond motifs is 1. The Morgan fingerprint density at radius 1 is 0.944 bits per heavy atom. The number of ether oxygens (including phenoxy) is 2. The van der Waals surface area contributed by atoms with Gasteiger partial charge in [-0.1, -0.05) is 12.1 Å². The van der Waals surface area contributed by atoms with Crippen LogP contribution in [-0.2, 0) is 0 Å². The molecule has 0 aliphatic carbocycles. The van der Waals surface area contributed by atoms with E-state index in [4.69, 9.17) is 20.2 Å². The van der Waals surface area contributed by atoms with Crippen molar-refractivity contribution in [1.82, 2.24) is 20.3 Å². The quantitative estimate of drug-likeness (QED) is 0.258. The van der Waals surface area contributed by atoms with Crippen molar-refractivity contribution in [3.8, 4) is 22.8 Å². The molecule has 0 fully saturated rings. The molecule has 5 N–H and O–H groups in total. The Balaban J connectivity index is 1.41. The van der Waals surface area contributed by atoms with Gasteiger partial charge in [-0.25, -0.2) is 14.8 Å². The standard InChI is InChI=1S/C26H29N7O3/c1-16-6-4-7-18(14-16)30-26(34)29-13-5-12-28-24-23-20(32-25(27)33-24)10-9-19(31-23)17-8-11-21(35-2)22(15-17)36-3/h4,6-11,14-15H,5,12-13H2,1-3H3,(H2,29,30,34)(H3,27,28,32,33). The van der Waals surface area contributed by atoms with Crippen LogP contribution in [0, 0.1) is 6.92 Å². The molecule has 0 atom stereocenters. The van der Waals surface area contributed by atoms with E-state index < -0.39 is 0 Å². The number of hydrogen-bond donors (Lipinski definition) is 4. The highest BCUT2D eigenvalue weighted by atomic mass is 16.5. The summed E-state index contributed by atoms with van der Waals surface area (Å²) in [6.45, 7) is 3.01. The Kier molecular flexibility index (Phi) is 7.64. The number of pyridine rings is 1. The minimum absolute atomic E-state index is 0.154. The first-order chi connectivity index (χ1) is 17.5. The summed E-state index contributed by atoms with van der Waals surface area (Å²) in [4.78, 5) is 25.6. The summed E-state index contributed by atoms with van der Waals surface area (Å²) in [5, 5.41) is 8.95. The molecule has 2 aromatic heterocycles. The van der Waals surface area contributed by atoms with Gasteiger partial charge in [-0.05, 0) is 61.4 Å². The van der Waals surface area contributed by atoms with Crippen LogP contribution in [0.1, 0.15) is 12.0 Å². The molecule has 10 heteroatoms. The van der Waals surface area contributed by atoms with Crippen molar-refractivity contribution in [2.75, 3.05) is 43.7 Å². The molecule has 0 saturated heterocycles. The minimum Gasteiger partial charge on any atom is -0.493 e. The van der Waals surface area contributed by atoms with Crippen molar-refractivity contribution in [1.29, 1.82) is 0 Å². The number of nitrogens with one attached hydrogen (secondary N) is 3. The van der Waals surface area contributed by atoms with Crippen LogP contribution in [0.25, 0.3) is 22.3 Å². The van der Waals surface area contributed by atoms with Crippen LogP contribution < -0.4 is 31.2 Å². The van der Waals surface area contributed by atoms with Gasteiger partial charge in [0, 0.05) is 24.3 Å². The maximum Gasteiger partial charge on any atom is 0.319 e. The molecule has 0 aliphatic rings. The predicted octanol–water partition coefficient (Wildman–Crippen LogP) is 4.22. The summed E-state index contributed by atoms with van der Waals surface area (Å²) in [6, 6.07) is 16.7. The minimum atomic E-state index is -0.251. The number of hydrogen-bond acceptors (Lipinski definition) is 8. The van der Waals surface area contributed by atoms with Crippen molar-refractivity contribution in [3.05, 3.63) is 60.2 Å². The van der Waals surface area contributed by atoms with Crippen LogP contribution in [0.15, 0.2) is 54.6 Å². The van der Waals surface area contributed by atoms with Gasteiger partial charge in [-0.15, -0.1) is 0 Å². The molecule has 186 valence electrons. The van der Waals surface area contributed by atoms with E-state index >= 15 is 0 Å². The third-order valence-corrected chi connectivity index (χ3v) is 5.45. The van der Waals surface area contributed by atoms with Gasteiger partial charge >= 0.3 is 6.03 Å². The Morgan fingerprint density at radius 3 is 2.56 bits per heavy atom. The summed E-state index contributed by atoms with van der Waals surface area (Å²) >= 11 is 0. The molecule has 2 amide bonds. The van der Waals surface area contributed by atoms with E-state index in [2.05, 4.69) is 25.9 Å². The second-order valence-electron chi connectivity index (χ2n) is 8.10. The zero-order valence-corrected chi connectivity index (χ0v) is 20.5. The number of urea groups is 1. The molecule has 36 heavy (non-hydrogen) atoms. The SMILES string of the molecule is COc1ccc(-c2ccc3nc(N)nc(NCCCNC(=O)Nc4cccc(C)c4)c3n2)cc1OC. The number of carbonyl (C=O) groups is 1. The molecule has 0 aliphatic heterocycles. The van der Waals surface area contributed by atoms with E-state index in [0.29, 0.717) is 47.9 Å². The predicted molar refractivity (Wildman–Crippen MR) is 142 cm³/mol. The lowest BCUT2D eigenvalue weighted by Crippen LogP contribution is -2.30. The van der Waals surface area contributed by atoms with Crippen LogP contribution in [0.2, 0.25) is 0 Å². The highest BCUT2D eigenvalue weighted by molar-refractivity contribution is 5.89. The Labute approximate surface area is 209 Å². The lowest BCUT2D eigenvalue weighted by Gasteiger charge is -2.12. The number of nitrogen functional groups attached to an aromatic ring is 1. The average molecular weight is 488 g/mol. The van der Waals surface area contributed by atoms with Gasteiger partial charge in [0.1, 0.15) is 5.52 Å². The van der Waals surface area contributed by atoms with Crippen molar-refractivity contribution in [2.45, 2.75) is 13.3 Å². The fourth-order valence-electron chi connectivity index (χ4n) is 3.71. The van der Waals surface area contributed by atoms with E-state index in [1.807, 2.05) is 61.5 Å². The topological polar surface area (TPSA) is 136 Å². The number of nitrogens with zero attached hydrogens (tertiary/aromatic N) is 3. The highest BCUT2D eigenvalue weighted by Gasteiger charge is 2.12. The van der Waals surface area contributed by atoms with Crippen LogP contribution in [0.4, 0.5) is 22.2 Å². The lowest BCUT2D eigenvalue weighted by atomic mass is 10.1. The molecule has 0 unspecified atom stereocenters. The number of nitrogens with two attached hydrogens (primary N) is 1. The summed E-state index contributed by atoms with van der Waals surface area (Å²) in [6.07, 6.45) is 0.669. The average Bonchev–Trinajstić information content (AvgIpc) is 2.87. The molecule has 10 nitrogen and oxygen atoms in total. The summed E-state index contributed by atoms with van der Waals surface area (Å²) < 4.78 is 10.7. The smallest absolute Gasteiger partial charge is 0.319 e. The molecule has 0 radical (unpaired) electrons. The molecule has 2 heterocycles. The van der Waals surface area contributed by atoms with Gasteiger partial charge < -0.3 is 31.2 Å². The maximum absolute atomic E-state index is 12.1. The second kappa shape index (κ2) is 11.2. The largest absolute Gasteiger partial charge is 0.493 e. The molecule has 0 bridgehead atoms. The monoisotopic (exact) mass is 487 g/mol. The number of carbonyl (C=O) groups excluding carboxylic acids is 1. The van der Waals surface area contributed by atoms with E-state index in [-0.39, 0.29) is 12.0 Å². The molecule has 4 aromatic rings. The van der Waals surface area contributed by atoms with Gasteiger partial charge in [0.05, 0.1) is 25.4 Å². The van der Waals surface area contributed by atoms with Crippen molar-refractivity contribution >= 4 is 34.5 Å². The van der Waals surface area contributed by atoms with E-state index in [0.717, 1.165) is 22.5 Å². The summed E-state index contributed by atoms with van der Waals surface area (Å²) in [5.74, 6) is 1.94. The van der Waals surface area contributed by atoms with Gasteiger partial charge in [0.15, 0.2) is 17.3 Å². The number of amides is 2. The number of aryl methyl sites for hydroxylation is 1. The third-order valence-electron chi connectivity index (χ3n) is 5.45. The van der Waals surface area contributed by atoms with Crippen molar-refractivity contribution < 1.29 is 14.3 Å². The van der Waals surface area contributed by atoms with Gasteiger partial charge in [0.25, 0.3) is 0 Å². The second-order valence-corrected chi connectivity index (χ2v) is 8.10. The molecular weight excluding hydrogens is 458 g/mol. The number of anilines is 3. The summed E-state index contributed by atoms with van der Waals surface area (Å²) in [7, 11) is 3.19. The third kappa shape index (κ3) is 5.90. The van der Waals surface area contributed by atoms with Crippen molar-refractivity contribution in [2.24, 2.45) is 0 Å². The summed E-state index contributed by atoms with van der Waals surface area (Å²) in [5.41, 5.74) is 10.6. The molecule has 0 saturated carbocycles. The number of methoxy groups -OCH3 is 2. The Hall–Kier alpha value is -4.60. The van der Waals surface area contributed by atoms with Gasteiger partial charge in [-0.2, -0.15) is 4.98 Å². The number of aromatic nitrogens is 3. The van der Waals surface area contributed by atoms with Crippen LogP contribution in [-0.4, -0.2) is 48.3 Å². The molecular formula is C26H29N7O3. The van der Waals surface area contributed by atoms with Gasteiger partial charge in [-0.3, -0.25) is 0 Å². The van der Waals surface area contributed by atoms with Crippen LogP contribution >= 0.6 is 0 Å². The molecule has 4 rings (SSSR count). The first-order valence-corrected chi connectivity index (χ1v) is 11.5. The van der Waals surface area contributed by atoms with Crippen LogP contribution in [0.3, 0.4) is 0 Å². The van der Waals surface area contributed by atoms with E-state index in [1.165, 1.54) is 0 Å². The zero-order chi connectivity index (χ0) is 25.5. The van der Waals surface area contributed by atoms with E-state index in [1.54, 1.807) is 14.2 Å². The lowest BCUT2D eigenvalue weighted by molar-refractivity contribution is 0.252. The Bertz CT molecular complexity index is 1380.